The lowest BCUT2D eigenvalue weighted by Gasteiger charge is -2.18. The van der Waals surface area contributed by atoms with E-state index in [1.807, 2.05) is 12.2 Å². The molecule has 0 heterocycles. The molecule has 6 nitrogen and oxygen atoms in total. The molecule has 67 heavy (non-hydrogen) atoms. The van der Waals surface area contributed by atoms with E-state index in [9.17, 15) is 14.4 Å². The summed E-state index contributed by atoms with van der Waals surface area (Å²) in [6.07, 6.45) is 73.7. The van der Waals surface area contributed by atoms with Crippen molar-refractivity contribution in [3.05, 3.63) is 109 Å². The van der Waals surface area contributed by atoms with Gasteiger partial charge in [0.05, 0.1) is 0 Å². The first-order valence-corrected chi connectivity index (χ1v) is 27.4. The molecule has 1 atom stereocenters. The fourth-order valence-electron chi connectivity index (χ4n) is 7.13. The van der Waals surface area contributed by atoms with Gasteiger partial charge in [0, 0.05) is 19.3 Å². The maximum atomic E-state index is 12.8. The molecule has 6 heteroatoms. The van der Waals surface area contributed by atoms with Gasteiger partial charge in [0.15, 0.2) is 6.10 Å². The molecule has 0 rings (SSSR count). The van der Waals surface area contributed by atoms with Crippen LogP contribution >= 0.6 is 0 Å². The van der Waals surface area contributed by atoms with Crippen molar-refractivity contribution in [2.24, 2.45) is 0 Å². The Morgan fingerprint density at radius 3 is 1.03 bits per heavy atom. The molecule has 0 bridgehead atoms. The van der Waals surface area contributed by atoms with E-state index in [0.29, 0.717) is 19.3 Å². The van der Waals surface area contributed by atoms with Gasteiger partial charge in [-0.05, 0) is 109 Å². The van der Waals surface area contributed by atoms with Gasteiger partial charge in [-0.2, -0.15) is 0 Å². The molecular weight excluding hydrogens is 829 g/mol. The number of hydrogen-bond donors (Lipinski definition) is 0. The van der Waals surface area contributed by atoms with Crippen molar-refractivity contribution >= 4 is 17.9 Å². The second kappa shape index (κ2) is 54.7. The average molecular weight is 929 g/mol. The fraction of sp³-hybridized carbons (Fsp3) is 0.656. The maximum absolute atomic E-state index is 12.8. The van der Waals surface area contributed by atoms with Crippen LogP contribution in [0, 0.1) is 0 Å². The minimum absolute atomic E-state index is 0.114. The Morgan fingerprint density at radius 1 is 0.313 bits per heavy atom. The summed E-state index contributed by atoms with van der Waals surface area (Å²) in [5, 5.41) is 0. The maximum Gasteiger partial charge on any atom is 0.306 e. The van der Waals surface area contributed by atoms with E-state index in [-0.39, 0.29) is 31.6 Å². The highest BCUT2D eigenvalue weighted by Gasteiger charge is 2.19. The largest absolute Gasteiger partial charge is 0.462 e. The number of rotatable bonds is 48. The first-order valence-electron chi connectivity index (χ1n) is 27.4. The summed E-state index contributed by atoms with van der Waals surface area (Å²) in [4.78, 5) is 38.0. The van der Waals surface area contributed by atoms with Crippen molar-refractivity contribution in [2.75, 3.05) is 13.2 Å². The number of ether oxygens (including phenoxy) is 3. The van der Waals surface area contributed by atoms with E-state index < -0.39 is 12.1 Å². The molecule has 0 aliphatic carbocycles. The fourth-order valence-corrected chi connectivity index (χ4v) is 7.13. The molecule has 0 aromatic carbocycles. The number of carbonyl (C=O) groups excluding carboxylic acids is 3. The van der Waals surface area contributed by atoms with E-state index in [0.717, 1.165) is 96.3 Å². The zero-order valence-electron chi connectivity index (χ0n) is 43.4. The van der Waals surface area contributed by atoms with E-state index >= 15 is 0 Å². The zero-order chi connectivity index (χ0) is 48.6. The van der Waals surface area contributed by atoms with E-state index in [4.69, 9.17) is 14.2 Å². The van der Waals surface area contributed by atoms with Crippen LogP contribution in [0.5, 0.6) is 0 Å². The number of esters is 3. The Hall–Kier alpha value is -3.93. The Bertz CT molecular complexity index is 1390. The first kappa shape index (κ1) is 63.1. The molecule has 0 aromatic rings. The second-order valence-corrected chi connectivity index (χ2v) is 17.7. The highest BCUT2D eigenvalue weighted by atomic mass is 16.6. The molecule has 0 saturated carbocycles. The summed E-state index contributed by atoms with van der Waals surface area (Å²) in [5.74, 6) is -1.02. The summed E-state index contributed by atoms with van der Waals surface area (Å²) >= 11 is 0. The van der Waals surface area contributed by atoms with Gasteiger partial charge in [-0.15, -0.1) is 0 Å². The molecule has 0 spiro atoms. The first-order chi connectivity index (χ1) is 33.0. The van der Waals surface area contributed by atoms with Gasteiger partial charge in [-0.3, -0.25) is 14.4 Å². The number of carbonyl (C=O) groups is 3. The molecule has 0 fully saturated rings. The third-order valence-corrected chi connectivity index (χ3v) is 11.2. The van der Waals surface area contributed by atoms with Crippen molar-refractivity contribution in [3.8, 4) is 0 Å². The zero-order valence-corrected chi connectivity index (χ0v) is 43.4. The summed E-state index contributed by atoms with van der Waals surface area (Å²) < 4.78 is 16.7. The minimum atomic E-state index is -0.825. The monoisotopic (exact) mass is 929 g/mol. The van der Waals surface area contributed by atoms with Gasteiger partial charge < -0.3 is 14.2 Å². The quantitative estimate of drug-likeness (QED) is 0.0262. The van der Waals surface area contributed by atoms with E-state index in [1.54, 1.807) is 0 Å². The number of unbranched alkanes of at least 4 members (excludes halogenated alkanes) is 19. The third-order valence-electron chi connectivity index (χ3n) is 11.2. The van der Waals surface area contributed by atoms with Gasteiger partial charge >= 0.3 is 17.9 Å². The van der Waals surface area contributed by atoms with Crippen LogP contribution < -0.4 is 0 Å². The van der Waals surface area contributed by atoms with Gasteiger partial charge in [-0.25, -0.2) is 0 Å². The molecule has 0 aliphatic rings. The Kier molecular flexibility index (Phi) is 51.5. The van der Waals surface area contributed by atoms with Gasteiger partial charge in [0.1, 0.15) is 13.2 Å². The summed E-state index contributed by atoms with van der Waals surface area (Å²) in [6, 6.07) is 0. The highest BCUT2D eigenvalue weighted by Crippen LogP contribution is 2.14. The lowest BCUT2D eigenvalue weighted by Crippen LogP contribution is -2.30. The van der Waals surface area contributed by atoms with Crippen molar-refractivity contribution < 1.29 is 28.6 Å². The van der Waals surface area contributed by atoms with Crippen molar-refractivity contribution in [1.82, 2.24) is 0 Å². The van der Waals surface area contributed by atoms with Gasteiger partial charge in [-0.1, -0.05) is 220 Å². The molecule has 0 radical (unpaired) electrons. The van der Waals surface area contributed by atoms with Crippen LogP contribution in [0.1, 0.15) is 239 Å². The molecule has 0 aromatic heterocycles. The molecule has 380 valence electrons. The Morgan fingerprint density at radius 2 is 0.627 bits per heavy atom. The van der Waals surface area contributed by atoms with Crippen LogP contribution in [0.15, 0.2) is 109 Å². The molecule has 0 saturated heterocycles. The SMILES string of the molecule is CC/C=C\C/C=C\C/C=C\C/C=C\C/C=C\C/C=C\CCC(=O)O[C@@H](COC(=O)CCCCCCC/C=C\CCCC)COC(=O)CCCCCCCCCCC/C=C\C/C=C\CCCCC. The third kappa shape index (κ3) is 52.9. The summed E-state index contributed by atoms with van der Waals surface area (Å²) in [5.41, 5.74) is 0. The van der Waals surface area contributed by atoms with Gasteiger partial charge in [0.25, 0.3) is 0 Å². The normalized spacial score (nSPS) is 12.9. The van der Waals surface area contributed by atoms with Crippen LogP contribution in [0.25, 0.3) is 0 Å². The molecule has 0 aliphatic heterocycles. The van der Waals surface area contributed by atoms with Crippen LogP contribution in [-0.2, 0) is 28.6 Å². The summed E-state index contributed by atoms with van der Waals surface area (Å²) in [6.45, 7) is 6.38. The Labute approximate surface area is 412 Å². The van der Waals surface area contributed by atoms with Gasteiger partial charge in [0.2, 0.25) is 0 Å². The lowest BCUT2D eigenvalue weighted by atomic mass is 10.1. The molecule has 0 N–H and O–H groups in total. The predicted octanol–water partition coefficient (Wildman–Crippen LogP) is 18.3. The highest BCUT2D eigenvalue weighted by molar-refractivity contribution is 5.71. The standard InChI is InChI=1S/C61H100O6/c1-4-7-10-13-16-19-22-24-26-28-30-32-34-36-39-42-45-48-51-54-60(63)66-57-58(56-65-59(62)53-50-47-44-41-38-21-18-15-12-9-6-3)67-61(64)55-52-49-46-43-40-37-35-33-31-29-27-25-23-20-17-14-11-8-5-2/h8,11,15-20,24-27,31,33,37,40,46,49,58H,4-7,9-10,12-14,21-23,28-30,32,34-36,38-39,41-45,47-48,50-57H2,1-3H3/b11-8-,18-15-,19-16-,20-17-,26-24-,27-25-,33-31-,40-37-,49-46-/t58-/m0/s1. The number of hydrogen-bond acceptors (Lipinski definition) is 6. The topological polar surface area (TPSA) is 78.9 Å². The smallest absolute Gasteiger partial charge is 0.306 e. The van der Waals surface area contributed by atoms with Crippen LogP contribution in [-0.4, -0.2) is 37.2 Å². The lowest BCUT2D eigenvalue weighted by molar-refractivity contribution is -0.166. The van der Waals surface area contributed by atoms with Crippen LogP contribution in [0.2, 0.25) is 0 Å². The van der Waals surface area contributed by atoms with E-state index in [2.05, 4.69) is 118 Å². The summed E-state index contributed by atoms with van der Waals surface area (Å²) in [7, 11) is 0. The van der Waals surface area contributed by atoms with Crippen LogP contribution in [0.3, 0.4) is 0 Å². The van der Waals surface area contributed by atoms with Crippen LogP contribution in [0.4, 0.5) is 0 Å². The predicted molar refractivity (Wildman–Crippen MR) is 288 cm³/mol. The van der Waals surface area contributed by atoms with Crippen molar-refractivity contribution in [3.63, 3.8) is 0 Å². The molecule has 0 unspecified atom stereocenters. The second-order valence-electron chi connectivity index (χ2n) is 17.7. The van der Waals surface area contributed by atoms with E-state index in [1.165, 1.54) is 96.3 Å². The van der Waals surface area contributed by atoms with Crippen molar-refractivity contribution in [1.29, 1.82) is 0 Å². The minimum Gasteiger partial charge on any atom is -0.462 e. The molecular formula is C61H100O6. The number of allylic oxidation sites excluding steroid dienone is 18. The Balaban J connectivity index is 4.48. The van der Waals surface area contributed by atoms with Crippen molar-refractivity contribution in [2.45, 2.75) is 245 Å². The average Bonchev–Trinajstić information content (AvgIpc) is 3.33. The molecule has 0 amide bonds.